The molecule has 1 unspecified atom stereocenters. The molecule has 0 amide bonds. The predicted molar refractivity (Wildman–Crippen MR) is 57.6 cm³/mol. The first-order valence-electron chi connectivity index (χ1n) is 4.88. The standard InChI is InChI=1S/C11H18N2/c1-3-8-12-10(2)6-7-11-5-4-9-13-11/h4-7,9-10,12-13H,3,8H2,1-2H3/b7-6+. The normalized spacial score (nSPS) is 13.7. The van der Waals surface area contributed by atoms with Gasteiger partial charge in [-0.1, -0.05) is 13.0 Å². The van der Waals surface area contributed by atoms with Gasteiger partial charge >= 0.3 is 0 Å². The highest BCUT2D eigenvalue weighted by Crippen LogP contribution is 1.98. The zero-order valence-electron chi connectivity index (χ0n) is 8.38. The van der Waals surface area contributed by atoms with Crippen LogP contribution in [0, 0.1) is 0 Å². The second-order valence-corrected chi connectivity index (χ2v) is 3.23. The Morgan fingerprint density at radius 1 is 1.62 bits per heavy atom. The minimum atomic E-state index is 0.447. The van der Waals surface area contributed by atoms with Crippen LogP contribution < -0.4 is 5.32 Å². The van der Waals surface area contributed by atoms with Crippen molar-refractivity contribution in [2.45, 2.75) is 26.3 Å². The van der Waals surface area contributed by atoms with Crippen molar-refractivity contribution < 1.29 is 0 Å². The quantitative estimate of drug-likeness (QED) is 0.712. The molecule has 0 aliphatic heterocycles. The van der Waals surface area contributed by atoms with Gasteiger partial charge in [0.15, 0.2) is 0 Å². The minimum Gasteiger partial charge on any atom is -0.362 e. The summed E-state index contributed by atoms with van der Waals surface area (Å²) in [6.45, 7) is 5.42. The largest absolute Gasteiger partial charge is 0.362 e. The van der Waals surface area contributed by atoms with Gasteiger partial charge in [-0.3, -0.25) is 0 Å². The van der Waals surface area contributed by atoms with Crippen LogP contribution in [0.4, 0.5) is 0 Å². The summed E-state index contributed by atoms with van der Waals surface area (Å²) < 4.78 is 0. The lowest BCUT2D eigenvalue weighted by molar-refractivity contribution is 0.625. The maximum atomic E-state index is 3.39. The van der Waals surface area contributed by atoms with Crippen LogP contribution in [0.3, 0.4) is 0 Å². The molecule has 1 aromatic heterocycles. The van der Waals surface area contributed by atoms with Gasteiger partial charge in [0.2, 0.25) is 0 Å². The molecule has 0 aliphatic carbocycles. The van der Waals surface area contributed by atoms with Gasteiger partial charge in [0.05, 0.1) is 0 Å². The highest BCUT2D eigenvalue weighted by atomic mass is 14.9. The van der Waals surface area contributed by atoms with Crippen molar-refractivity contribution >= 4 is 6.08 Å². The molecule has 0 saturated heterocycles. The van der Waals surface area contributed by atoms with Crippen LogP contribution in [0.5, 0.6) is 0 Å². The van der Waals surface area contributed by atoms with Crippen LogP contribution in [-0.2, 0) is 0 Å². The van der Waals surface area contributed by atoms with E-state index in [4.69, 9.17) is 0 Å². The number of rotatable bonds is 5. The van der Waals surface area contributed by atoms with E-state index in [0.717, 1.165) is 12.2 Å². The molecule has 2 N–H and O–H groups in total. The monoisotopic (exact) mass is 178 g/mol. The third-order valence-corrected chi connectivity index (χ3v) is 1.90. The summed E-state index contributed by atoms with van der Waals surface area (Å²) in [5.74, 6) is 0. The van der Waals surface area contributed by atoms with E-state index in [2.05, 4.69) is 42.4 Å². The molecular formula is C11H18N2. The molecule has 72 valence electrons. The topological polar surface area (TPSA) is 27.8 Å². The Kier molecular flexibility index (Phi) is 4.33. The maximum absolute atomic E-state index is 3.39. The van der Waals surface area contributed by atoms with Gasteiger partial charge in [-0.25, -0.2) is 0 Å². The predicted octanol–water partition coefficient (Wildman–Crippen LogP) is 2.42. The smallest absolute Gasteiger partial charge is 0.0377 e. The number of hydrogen-bond donors (Lipinski definition) is 2. The van der Waals surface area contributed by atoms with Gasteiger partial charge in [0.25, 0.3) is 0 Å². The van der Waals surface area contributed by atoms with Crippen molar-refractivity contribution in [2.75, 3.05) is 6.54 Å². The van der Waals surface area contributed by atoms with E-state index in [1.54, 1.807) is 0 Å². The fourth-order valence-electron chi connectivity index (χ4n) is 1.14. The van der Waals surface area contributed by atoms with Gasteiger partial charge in [-0.05, 0) is 38.1 Å². The zero-order valence-corrected chi connectivity index (χ0v) is 8.38. The van der Waals surface area contributed by atoms with Crippen LogP contribution in [0.2, 0.25) is 0 Å². The Hall–Kier alpha value is -1.02. The number of nitrogens with one attached hydrogen (secondary N) is 2. The summed E-state index contributed by atoms with van der Waals surface area (Å²) in [5, 5.41) is 3.39. The molecule has 0 aromatic carbocycles. The summed E-state index contributed by atoms with van der Waals surface area (Å²) in [6, 6.07) is 4.51. The number of aromatic nitrogens is 1. The first-order valence-corrected chi connectivity index (χ1v) is 4.88. The summed E-state index contributed by atoms with van der Waals surface area (Å²) in [6.07, 6.45) is 7.39. The molecule has 0 fully saturated rings. The number of hydrogen-bond acceptors (Lipinski definition) is 1. The van der Waals surface area contributed by atoms with E-state index in [9.17, 15) is 0 Å². The number of H-pyrrole nitrogens is 1. The molecule has 1 atom stereocenters. The molecule has 0 saturated carbocycles. The Bertz CT molecular complexity index is 237. The van der Waals surface area contributed by atoms with E-state index in [0.29, 0.717) is 6.04 Å². The summed E-state index contributed by atoms with van der Waals surface area (Å²) in [5.41, 5.74) is 1.16. The van der Waals surface area contributed by atoms with Gasteiger partial charge < -0.3 is 10.3 Å². The highest BCUT2D eigenvalue weighted by Gasteiger charge is 1.93. The average molecular weight is 178 g/mol. The number of aromatic amines is 1. The third kappa shape index (κ3) is 3.95. The van der Waals surface area contributed by atoms with Crippen molar-refractivity contribution in [3.05, 3.63) is 30.1 Å². The SMILES string of the molecule is CCCNC(C)/C=C/c1ccc[nH]1. The van der Waals surface area contributed by atoms with E-state index >= 15 is 0 Å². The van der Waals surface area contributed by atoms with Crippen molar-refractivity contribution in [2.24, 2.45) is 0 Å². The molecule has 1 aromatic rings. The Labute approximate surface area is 80.1 Å². The van der Waals surface area contributed by atoms with Crippen LogP contribution >= 0.6 is 0 Å². The first-order chi connectivity index (χ1) is 6.33. The van der Waals surface area contributed by atoms with Crippen molar-refractivity contribution in [1.29, 1.82) is 0 Å². The molecule has 1 rings (SSSR count). The molecule has 13 heavy (non-hydrogen) atoms. The highest BCUT2D eigenvalue weighted by molar-refractivity contribution is 5.45. The summed E-state index contributed by atoms with van der Waals surface area (Å²) >= 11 is 0. The van der Waals surface area contributed by atoms with E-state index in [-0.39, 0.29) is 0 Å². The fraction of sp³-hybridized carbons (Fsp3) is 0.455. The second-order valence-electron chi connectivity index (χ2n) is 3.23. The molecule has 2 heteroatoms. The maximum Gasteiger partial charge on any atom is 0.0377 e. The first kappa shape index (κ1) is 10.1. The summed E-state index contributed by atoms with van der Waals surface area (Å²) in [4.78, 5) is 3.13. The zero-order chi connectivity index (χ0) is 9.52. The minimum absolute atomic E-state index is 0.447. The molecule has 0 bridgehead atoms. The molecule has 0 spiro atoms. The molecular weight excluding hydrogens is 160 g/mol. The third-order valence-electron chi connectivity index (χ3n) is 1.90. The molecule has 0 radical (unpaired) electrons. The Morgan fingerprint density at radius 3 is 3.08 bits per heavy atom. The molecule has 1 heterocycles. The van der Waals surface area contributed by atoms with Gasteiger partial charge in [0, 0.05) is 17.9 Å². The van der Waals surface area contributed by atoms with E-state index in [1.807, 2.05) is 12.3 Å². The van der Waals surface area contributed by atoms with Crippen LogP contribution in [0.1, 0.15) is 26.0 Å². The van der Waals surface area contributed by atoms with Gasteiger partial charge in [-0.15, -0.1) is 0 Å². The Morgan fingerprint density at radius 2 is 2.46 bits per heavy atom. The Balaban J connectivity index is 2.31. The van der Waals surface area contributed by atoms with Gasteiger partial charge in [0.1, 0.15) is 0 Å². The molecule has 2 nitrogen and oxygen atoms in total. The fourth-order valence-corrected chi connectivity index (χ4v) is 1.14. The van der Waals surface area contributed by atoms with Crippen molar-refractivity contribution in [3.8, 4) is 0 Å². The lowest BCUT2D eigenvalue weighted by Crippen LogP contribution is -2.24. The van der Waals surface area contributed by atoms with Crippen molar-refractivity contribution in [1.82, 2.24) is 10.3 Å². The van der Waals surface area contributed by atoms with Crippen LogP contribution in [-0.4, -0.2) is 17.6 Å². The average Bonchev–Trinajstić information content (AvgIpc) is 2.64. The lowest BCUT2D eigenvalue weighted by atomic mass is 10.2. The van der Waals surface area contributed by atoms with E-state index in [1.165, 1.54) is 6.42 Å². The van der Waals surface area contributed by atoms with Crippen LogP contribution in [0.15, 0.2) is 24.4 Å². The van der Waals surface area contributed by atoms with Crippen LogP contribution in [0.25, 0.3) is 6.08 Å². The second kappa shape index (κ2) is 5.60. The molecule has 0 aliphatic rings. The van der Waals surface area contributed by atoms with E-state index < -0.39 is 0 Å². The lowest BCUT2D eigenvalue weighted by Gasteiger charge is -2.06. The summed E-state index contributed by atoms with van der Waals surface area (Å²) in [7, 11) is 0. The van der Waals surface area contributed by atoms with Crippen molar-refractivity contribution in [3.63, 3.8) is 0 Å². The van der Waals surface area contributed by atoms with Gasteiger partial charge in [-0.2, -0.15) is 0 Å².